The number of methoxy groups -OCH3 is 1. The Morgan fingerprint density at radius 2 is 1.69 bits per heavy atom. The van der Waals surface area contributed by atoms with Crippen LogP contribution in [-0.2, 0) is 16.0 Å². The monoisotopic (exact) mass is 572 g/mol. The Kier molecular flexibility index (Phi) is 7.92. The van der Waals surface area contributed by atoms with Crippen LogP contribution in [0.2, 0.25) is 0 Å². The van der Waals surface area contributed by atoms with E-state index in [0.717, 1.165) is 79.7 Å². The summed E-state index contributed by atoms with van der Waals surface area (Å²) >= 11 is 0. The topological polar surface area (TPSA) is 103 Å². The molecule has 1 fully saturated rings. The van der Waals surface area contributed by atoms with Gasteiger partial charge in [0.1, 0.15) is 11.7 Å². The Hall–Kier alpha value is -3.36. The second kappa shape index (κ2) is 11.0. The van der Waals surface area contributed by atoms with Crippen molar-refractivity contribution in [3.8, 4) is 0 Å². The van der Waals surface area contributed by atoms with Crippen LogP contribution in [-0.4, -0.2) is 47.3 Å². The Morgan fingerprint density at radius 3 is 2.33 bits per heavy atom. The predicted octanol–water partition coefficient (Wildman–Crippen LogP) is 2.36. The number of hydrogen-bond acceptors (Lipinski definition) is 3. The van der Waals surface area contributed by atoms with Crippen LogP contribution in [0, 0.1) is 38.5 Å². The summed E-state index contributed by atoms with van der Waals surface area (Å²) in [6.45, 7) is 16.6. The van der Waals surface area contributed by atoms with Crippen LogP contribution in [0.1, 0.15) is 72.1 Å². The van der Waals surface area contributed by atoms with Crippen molar-refractivity contribution in [3.63, 3.8) is 0 Å². The predicted molar refractivity (Wildman–Crippen MR) is 167 cm³/mol. The molecule has 0 radical (unpaired) electrons. The first-order valence-corrected chi connectivity index (χ1v) is 14.4. The van der Waals surface area contributed by atoms with E-state index in [1.165, 1.54) is 7.11 Å². The van der Waals surface area contributed by atoms with E-state index in [4.69, 9.17) is 25.0 Å². The van der Waals surface area contributed by atoms with Crippen molar-refractivity contribution >= 4 is 64.7 Å². The minimum Gasteiger partial charge on any atom is -0.681 e. The largest absolute Gasteiger partial charge is 2.00 e. The number of aliphatic hydroxyl groups is 1. The average Bonchev–Trinajstić information content (AvgIpc) is 3.69. The summed E-state index contributed by atoms with van der Waals surface area (Å²) in [6, 6.07) is -0.332. The van der Waals surface area contributed by atoms with E-state index >= 15 is 0 Å². The molecule has 1 saturated heterocycles. The SMILES string of the molecule is C=Cc1c2[n-]c(c1C)/C=C1\[N-]C(C3=c4[n-]c(c(C)c4=C(O)[C@@H]3C(=O)OC)/C=c3\[n-]/c(c(C)c3CC)=C\2)[C@@H](CC)[C@@H]1C.[Mg+2]. The van der Waals surface area contributed by atoms with Gasteiger partial charge < -0.3 is 30.1 Å². The summed E-state index contributed by atoms with van der Waals surface area (Å²) in [6.07, 6.45) is 9.64. The van der Waals surface area contributed by atoms with E-state index in [-0.39, 0.29) is 46.7 Å². The molecule has 1 N–H and O–H groups in total. The minimum atomic E-state index is -0.928. The molecule has 2 aliphatic heterocycles. The number of esters is 1. The summed E-state index contributed by atoms with van der Waals surface area (Å²) in [5.41, 5.74) is 9.17. The number of aromatic nitrogens is 3. The van der Waals surface area contributed by atoms with Gasteiger partial charge in [0, 0.05) is 5.22 Å². The molecule has 214 valence electrons. The van der Waals surface area contributed by atoms with Crippen LogP contribution < -0.4 is 36.2 Å². The number of nitrogens with zero attached hydrogens (tertiary/aromatic N) is 4. The number of allylic oxidation sites excluding steroid dienone is 1. The summed E-state index contributed by atoms with van der Waals surface area (Å²) in [7, 11) is 1.36. The summed E-state index contributed by atoms with van der Waals surface area (Å²) in [5, 5.41) is 19.7. The van der Waals surface area contributed by atoms with Crippen molar-refractivity contribution in [1.82, 2.24) is 15.0 Å². The maximum absolute atomic E-state index is 13.2. The van der Waals surface area contributed by atoms with E-state index in [1.54, 1.807) is 0 Å². The van der Waals surface area contributed by atoms with E-state index in [0.29, 0.717) is 10.6 Å². The van der Waals surface area contributed by atoms with Gasteiger partial charge in [-0.1, -0.05) is 91.9 Å². The fourth-order valence-electron chi connectivity index (χ4n) is 7.08. The van der Waals surface area contributed by atoms with E-state index < -0.39 is 11.9 Å². The van der Waals surface area contributed by atoms with E-state index in [2.05, 4.69) is 47.3 Å². The number of ether oxygens (including phenoxy) is 1. The van der Waals surface area contributed by atoms with Crippen molar-refractivity contribution in [2.24, 2.45) is 17.8 Å². The van der Waals surface area contributed by atoms with Gasteiger partial charge in [0.15, 0.2) is 0 Å². The zero-order valence-corrected chi connectivity index (χ0v) is 26.9. The Morgan fingerprint density at radius 1 is 1.00 bits per heavy atom. The van der Waals surface area contributed by atoms with Crippen LogP contribution in [0.3, 0.4) is 0 Å². The molecular formula is C34H36MgN4O3-2. The molecule has 3 aromatic rings. The first-order valence-electron chi connectivity index (χ1n) is 14.4. The molecule has 0 amide bonds. The standard InChI is InChI=1S/C34H36N4O3.Mg/c1-9-19-15(4)22-12-24-17(6)21(11-3)31(37-24)29-30(34(40)41-8)33(39)28-18(7)25(38-32(28)29)14-27-20(10-2)16(5)23(36-27)13-26(19)35-22;/h9,12-14,17,21,30-31,39H,1,10-11H2,2-8H3;/q-4;+2/b23-13-,24-12-,27-14-;/t17-,21-,30+,31?;/m0./s1. The van der Waals surface area contributed by atoms with Crippen LogP contribution in [0.25, 0.3) is 41.0 Å². The van der Waals surface area contributed by atoms with Crippen LogP contribution in [0.5, 0.6) is 0 Å². The van der Waals surface area contributed by atoms with Crippen LogP contribution in [0.4, 0.5) is 0 Å². The molecule has 0 spiro atoms. The molecule has 4 atom stereocenters. The third-order valence-corrected chi connectivity index (χ3v) is 9.45. The summed E-state index contributed by atoms with van der Waals surface area (Å²) in [4.78, 5) is 28.3. The average molecular weight is 573 g/mol. The van der Waals surface area contributed by atoms with Crippen LogP contribution in [0.15, 0.2) is 12.3 Å². The maximum atomic E-state index is 13.2. The molecule has 8 heteroatoms. The maximum Gasteiger partial charge on any atom is 2.00 e. The van der Waals surface area contributed by atoms with Gasteiger partial charge in [0.2, 0.25) is 0 Å². The second-order valence-corrected chi connectivity index (χ2v) is 11.4. The van der Waals surface area contributed by atoms with Crippen molar-refractivity contribution in [2.75, 3.05) is 7.11 Å². The molecule has 5 heterocycles. The zero-order chi connectivity index (χ0) is 29.3. The van der Waals surface area contributed by atoms with Crippen molar-refractivity contribution < 1.29 is 14.6 Å². The van der Waals surface area contributed by atoms with Gasteiger partial charge in [-0.2, -0.15) is 5.70 Å². The van der Waals surface area contributed by atoms with Crippen molar-refractivity contribution in [2.45, 2.75) is 60.4 Å². The summed E-state index contributed by atoms with van der Waals surface area (Å²) < 4.78 is 5.20. The van der Waals surface area contributed by atoms with Crippen molar-refractivity contribution in [3.05, 3.63) is 83.8 Å². The molecule has 3 aliphatic rings. The Labute approximate surface area is 262 Å². The third kappa shape index (κ3) is 4.25. The first kappa shape index (κ1) is 30.1. The number of fused-ring (bicyclic) bond motifs is 8. The molecule has 1 unspecified atom stereocenters. The van der Waals surface area contributed by atoms with Gasteiger partial charge in [-0.3, -0.25) is 4.79 Å². The van der Waals surface area contributed by atoms with E-state index in [9.17, 15) is 9.90 Å². The van der Waals surface area contributed by atoms with Gasteiger partial charge in [-0.15, -0.1) is 33.1 Å². The second-order valence-electron chi connectivity index (χ2n) is 11.4. The number of carbonyl (C=O) groups is 1. The van der Waals surface area contributed by atoms with Crippen molar-refractivity contribution in [1.29, 1.82) is 0 Å². The van der Waals surface area contributed by atoms with E-state index in [1.807, 2.05) is 25.2 Å². The summed E-state index contributed by atoms with van der Waals surface area (Å²) in [5.74, 6) is -1.20. The smallest absolute Gasteiger partial charge is 0.681 e. The van der Waals surface area contributed by atoms with Gasteiger partial charge in [0.25, 0.3) is 0 Å². The normalized spacial score (nSPS) is 25.0. The molecule has 8 bridgehead atoms. The van der Waals surface area contributed by atoms with Gasteiger partial charge in [-0.25, -0.2) is 0 Å². The molecule has 7 nitrogen and oxygen atoms in total. The molecule has 0 saturated carbocycles. The minimum absolute atomic E-state index is 0. The number of rotatable bonds is 4. The fraction of sp³-hybridized carbons (Fsp3) is 0.382. The number of aliphatic hydroxyl groups excluding tert-OH is 1. The fourth-order valence-corrected chi connectivity index (χ4v) is 7.08. The Bertz CT molecular complexity index is 1900. The van der Waals surface area contributed by atoms with Gasteiger partial charge in [-0.05, 0) is 44.6 Å². The Balaban J connectivity index is 0.00000353. The number of carbonyl (C=O) groups excluding carboxylic acids is 1. The third-order valence-electron chi connectivity index (χ3n) is 9.45. The van der Waals surface area contributed by atoms with Crippen LogP contribution >= 0.6 is 0 Å². The first-order chi connectivity index (χ1) is 19.6. The molecule has 6 rings (SSSR count). The zero-order valence-electron chi connectivity index (χ0n) is 25.5. The molecule has 3 aromatic heterocycles. The molecule has 1 aliphatic carbocycles. The molecular weight excluding hydrogens is 537 g/mol. The van der Waals surface area contributed by atoms with Gasteiger partial charge in [0.05, 0.1) is 7.11 Å². The van der Waals surface area contributed by atoms with Gasteiger partial charge >= 0.3 is 29.0 Å². The molecule has 42 heavy (non-hydrogen) atoms. The quantitative estimate of drug-likeness (QED) is 0.380. The molecule has 0 aromatic carbocycles. The number of hydrogen-bond donors (Lipinski definition) is 1.